The van der Waals surface area contributed by atoms with Gasteiger partial charge in [0.15, 0.2) is 0 Å². The van der Waals surface area contributed by atoms with Gasteiger partial charge in [0.2, 0.25) is 10.0 Å². The Bertz CT molecular complexity index is 698. The van der Waals surface area contributed by atoms with E-state index in [1.807, 2.05) is 6.92 Å². The lowest BCUT2D eigenvalue weighted by atomic mass is 10.3. The molecule has 0 radical (unpaired) electrons. The van der Waals surface area contributed by atoms with Crippen molar-refractivity contribution >= 4 is 27.0 Å². The third-order valence-electron chi connectivity index (χ3n) is 2.38. The molecule has 0 aliphatic heterocycles. The van der Waals surface area contributed by atoms with Crippen LogP contribution >= 0.6 is 11.3 Å². The van der Waals surface area contributed by atoms with Crippen molar-refractivity contribution in [2.75, 3.05) is 5.73 Å². The number of sulfonamides is 1. The summed E-state index contributed by atoms with van der Waals surface area (Å²) < 4.78 is 39.4. The van der Waals surface area contributed by atoms with Gasteiger partial charge in [0.05, 0.1) is 22.9 Å². The number of rotatable bonds is 4. The first-order valence-electron chi connectivity index (χ1n) is 5.34. The molecule has 3 N–H and O–H groups in total. The molecule has 0 fully saturated rings. The fraction of sp³-hybridized carbons (Fsp3) is 0.182. The lowest BCUT2D eigenvalue weighted by molar-refractivity contribution is 0.577. The molecule has 2 aromatic rings. The summed E-state index contributed by atoms with van der Waals surface area (Å²) in [5, 5.41) is 2.60. The maximum absolute atomic E-state index is 13.1. The third kappa shape index (κ3) is 3.28. The van der Waals surface area contributed by atoms with Gasteiger partial charge >= 0.3 is 0 Å². The number of thiazole rings is 1. The molecule has 2 rings (SSSR count). The smallest absolute Gasteiger partial charge is 0.243 e. The van der Waals surface area contributed by atoms with Gasteiger partial charge in [-0.1, -0.05) is 0 Å². The minimum atomic E-state index is -3.85. The van der Waals surface area contributed by atoms with Gasteiger partial charge in [-0.05, 0) is 25.1 Å². The zero-order valence-electron chi connectivity index (χ0n) is 10.1. The van der Waals surface area contributed by atoms with Crippen LogP contribution in [0.5, 0.6) is 0 Å². The topological polar surface area (TPSA) is 85.1 Å². The Labute approximate surface area is 114 Å². The first-order valence-corrected chi connectivity index (χ1v) is 7.70. The molecule has 0 saturated carbocycles. The molecule has 102 valence electrons. The van der Waals surface area contributed by atoms with Gasteiger partial charge in [0.25, 0.3) is 0 Å². The summed E-state index contributed by atoms with van der Waals surface area (Å²) in [5.41, 5.74) is 6.16. The maximum Gasteiger partial charge on any atom is 0.243 e. The number of nitrogens with zero attached hydrogens (tertiary/aromatic N) is 1. The molecule has 0 amide bonds. The van der Waals surface area contributed by atoms with Gasteiger partial charge in [0, 0.05) is 5.38 Å². The van der Waals surface area contributed by atoms with Crippen molar-refractivity contribution in [1.82, 2.24) is 9.71 Å². The van der Waals surface area contributed by atoms with E-state index in [0.717, 1.165) is 17.1 Å². The van der Waals surface area contributed by atoms with Gasteiger partial charge in [-0.15, -0.1) is 11.3 Å². The Kier molecular flexibility index (Phi) is 3.83. The molecule has 0 saturated heterocycles. The Morgan fingerprint density at radius 1 is 1.47 bits per heavy atom. The van der Waals surface area contributed by atoms with E-state index in [0.29, 0.717) is 5.69 Å². The van der Waals surface area contributed by atoms with E-state index in [-0.39, 0.29) is 17.1 Å². The molecule has 0 bridgehead atoms. The second kappa shape index (κ2) is 5.24. The van der Waals surface area contributed by atoms with E-state index in [2.05, 4.69) is 9.71 Å². The van der Waals surface area contributed by atoms with Crippen molar-refractivity contribution in [3.05, 3.63) is 40.1 Å². The van der Waals surface area contributed by atoms with E-state index < -0.39 is 15.8 Å². The van der Waals surface area contributed by atoms with Crippen molar-refractivity contribution in [2.24, 2.45) is 0 Å². The van der Waals surface area contributed by atoms with Crippen molar-refractivity contribution in [2.45, 2.75) is 18.4 Å². The normalized spacial score (nSPS) is 11.7. The summed E-state index contributed by atoms with van der Waals surface area (Å²) >= 11 is 1.43. The molecule has 0 spiro atoms. The Hall–Kier alpha value is -1.51. The van der Waals surface area contributed by atoms with E-state index in [1.54, 1.807) is 5.38 Å². The standard InChI is InChI=1S/C11H12FN3O2S2/c1-7-15-9(6-18-7)5-14-19(16,17)11-4-8(12)2-3-10(11)13/h2-4,6,14H,5,13H2,1H3. The van der Waals surface area contributed by atoms with Gasteiger partial charge < -0.3 is 5.73 Å². The minimum absolute atomic E-state index is 0.00311. The number of hydrogen-bond donors (Lipinski definition) is 2. The molecule has 19 heavy (non-hydrogen) atoms. The number of anilines is 1. The summed E-state index contributed by atoms with van der Waals surface area (Å²) in [4.78, 5) is 3.87. The molecule has 0 aliphatic carbocycles. The van der Waals surface area contributed by atoms with Gasteiger partial charge in [-0.25, -0.2) is 22.5 Å². The highest BCUT2D eigenvalue weighted by Gasteiger charge is 2.18. The fourth-order valence-corrected chi connectivity index (χ4v) is 3.23. The molecule has 0 unspecified atom stereocenters. The number of nitrogens with one attached hydrogen (secondary N) is 1. The number of halogens is 1. The van der Waals surface area contributed by atoms with Crippen LogP contribution < -0.4 is 10.5 Å². The maximum atomic E-state index is 13.1. The van der Waals surface area contributed by atoms with E-state index >= 15 is 0 Å². The molecule has 1 aromatic heterocycles. The first kappa shape index (κ1) is 13.9. The van der Waals surface area contributed by atoms with Gasteiger partial charge in [-0.2, -0.15) is 0 Å². The highest BCUT2D eigenvalue weighted by Crippen LogP contribution is 2.19. The number of hydrogen-bond acceptors (Lipinski definition) is 5. The van der Waals surface area contributed by atoms with Crippen LogP contribution in [0.3, 0.4) is 0 Å². The monoisotopic (exact) mass is 301 g/mol. The summed E-state index contributed by atoms with van der Waals surface area (Å²) in [6.07, 6.45) is 0. The molecule has 5 nitrogen and oxygen atoms in total. The van der Waals surface area contributed by atoms with E-state index in [9.17, 15) is 12.8 Å². The summed E-state index contributed by atoms with van der Waals surface area (Å²) in [6, 6.07) is 3.22. The zero-order valence-corrected chi connectivity index (χ0v) is 11.7. The fourth-order valence-electron chi connectivity index (χ4n) is 1.48. The van der Waals surface area contributed by atoms with Crippen LogP contribution in [0.2, 0.25) is 0 Å². The minimum Gasteiger partial charge on any atom is -0.398 e. The number of nitrogen functional groups attached to an aromatic ring is 1. The molecule has 0 aliphatic rings. The quantitative estimate of drug-likeness (QED) is 0.841. The average Bonchev–Trinajstić information content (AvgIpc) is 2.76. The van der Waals surface area contributed by atoms with Gasteiger partial charge in [-0.3, -0.25) is 0 Å². The number of benzene rings is 1. The van der Waals surface area contributed by atoms with Crippen LogP contribution in [0.4, 0.5) is 10.1 Å². The second-order valence-corrected chi connectivity index (χ2v) is 6.66. The predicted octanol–water partition coefficient (Wildman–Crippen LogP) is 1.65. The number of aromatic nitrogens is 1. The summed E-state index contributed by atoms with van der Waals surface area (Å²) in [5.74, 6) is -0.654. The van der Waals surface area contributed by atoms with E-state index in [4.69, 9.17) is 5.73 Å². The molecule has 1 heterocycles. The average molecular weight is 301 g/mol. The van der Waals surface area contributed by atoms with Crippen LogP contribution in [-0.2, 0) is 16.6 Å². The molecule has 8 heteroatoms. The molecular formula is C11H12FN3O2S2. The highest BCUT2D eigenvalue weighted by molar-refractivity contribution is 7.89. The zero-order chi connectivity index (χ0) is 14.0. The Morgan fingerprint density at radius 3 is 2.84 bits per heavy atom. The number of aryl methyl sites for hydroxylation is 1. The van der Waals surface area contributed by atoms with Crippen molar-refractivity contribution in [3.63, 3.8) is 0 Å². The van der Waals surface area contributed by atoms with Crippen LogP contribution in [0.25, 0.3) is 0 Å². The molecular weight excluding hydrogens is 289 g/mol. The Balaban J connectivity index is 2.20. The summed E-state index contributed by atoms with van der Waals surface area (Å²) in [7, 11) is -3.85. The number of nitrogens with two attached hydrogens (primary N) is 1. The lowest BCUT2D eigenvalue weighted by Crippen LogP contribution is -2.24. The van der Waals surface area contributed by atoms with Crippen LogP contribution in [0.15, 0.2) is 28.5 Å². The van der Waals surface area contributed by atoms with E-state index in [1.165, 1.54) is 17.4 Å². The van der Waals surface area contributed by atoms with Gasteiger partial charge in [0.1, 0.15) is 10.7 Å². The predicted molar refractivity (Wildman–Crippen MR) is 71.7 cm³/mol. The third-order valence-corrected chi connectivity index (χ3v) is 4.65. The van der Waals surface area contributed by atoms with Crippen LogP contribution in [-0.4, -0.2) is 13.4 Å². The van der Waals surface area contributed by atoms with Crippen molar-refractivity contribution in [1.29, 1.82) is 0 Å². The summed E-state index contributed by atoms with van der Waals surface area (Å²) in [6.45, 7) is 1.87. The van der Waals surface area contributed by atoms with Crippen LogP contribution in [0.1, 0.15) is 10.7 Å². The SMILES string of the molecule is Cc1nc(CNS(=O)(=O)c2cc(F)ccc2N)cs1. The molecule has 1 aromatic carbocycles. The van der Waals surface area contributed by atoms with Crippen molar-refractivity contribution in [3.8, 4) is 0 Å². The Morgan fingerprint density at radius 2 is 2.21 bits per heavy atom. The first-order chi connectivity index (χ1) is 8.88. The highest BCUT2D eigenvalue weighted by atomic mass is 32.2. The van der Waals surface area contributed by atoms with Crippen LogP contribution in [0, 0.1) is 12.7 Å². The largest absolute Gasteiger partial charge is 0.398 e. The molecule has 0 atom stereocenters. The second-order valence-electron chi connectivity index (χ2n) is 3.86. The van der Waals surface area contributed by atoms with Crippen molar-refractivity contribution < 1.29 is 12.8 Å². The lowest BCUT2D eigenvalue weighted by Gasteiger charge is -2.08.